The Balaban J connectivity index is 1.88. The predicted octanol–water partition coefficient (Wildman–Crippen LogP) is 2.51. The van der Waals surface area contributed by atoms with Gasteiger partial charge in [0, 0.05) is 24.4 Å². The maximum absolute atomic E-state index is 11.0. The van der Waals surface area contributed by atoms with Gasteiger partial charge in [-0.1, -0.05) is 12.2 Å². The minimum Gasteiger partial charge on any atom is -0.325 e. The van der Waals surface area contributed by atoms with Gasteiger partial charge in [0.15, 0.2) is 0 Å². The summed E-state index contributed by atoms with van der Waals surface area (Å²) >= 11 is 1.68. The number of rotatable bonds is 4. The van der Waals surface area contributed by atoms with Crippen LogP contribution in [0.1, 0.15) is 24.6 Å². The van der Waals surface area contributed by atoms with Crippen LogP contribution in [0.5, 0.6) is 0 Å². The van der Waals surface area contributed by atoms with Crippen LogP contribution in [-0.4, -0.2) is 11.9 Å². The standard InChI is InChI=1S/C12H16N2OS/c1-9(15)14-11-6-7-16-12(11)8-13-10-4-2-3-5-10/h2-3,6-7,10,13H,4-5,8H2,1H3,(H,14,15). The van der Waals surface area contributed by atoms with Crippen LogP contribution < -0.4 is 10.6 Å². The van der Waals surface area contributed by atoms with Crippen molar-refractivity contribution in [2.45, 2.75) is 32.4 Å². The molecule has 1 aromatic heterocycles. The molecule has 0 bridgehead atoms. The molecule has 1 amide bonds. The van der Waals surface area contributed by atoms with Crippen molar-refractivity contribution in [2.24, 2.45) is 0 Å². The minimum atomic E-state index is -0.0119. The van der Waals surface area contributed by atoms with E-state index in [0.717, 1.165) is 25.1 Å². The Morgan fingerprint density at radius 3 is 2.94 bits per heavy atom. The molecule has 0 unspecified atom stereocenters. The van der Waals surface area contributed by atoms with E-state index >= 15 is 0 Å². The van der Waals surface area contributed by atoms with Crippen molar-refractivity contribution in [2.75, 3.05) is 5.32 Å². The summed E-state index contributed by atoms with van der Waals surface area (Å²) in [5.41, 5.74) is 0.941. The average molecular weight is 236 g/mol. The number of thiophene rings is 1. The molecule has 0 aromatic carbocycles. The summed E-state index contributed by atoms with van der Waals surface area (Å²) in [6.45, 7) is 2.37. The number of hydrogen-bond donors (Lipinski definition) is 2. The zero-order valence-corrected chi connectivity index (χ0v) is 10.1. The summed E-state index contributed by atoms with van der Waals surface area (Å²) in [4.78, 5) is 12.2. The van der Waals surface area contributed by atoms with E-state index in [9.17, 15) is 4.79 Å². The first-order valence-corrected chi connectivity index (χ1v) is 6.36. The Kier molecular flexibility index (Phi) is 3.74. The Morgan fingerprint density at radius 1 is 1.50 bits per heavy atom. The highest BCUT2D eigenvalue weighted by Crippen LogP contribution is 2.22. The molecule has 0 aliphatic heterocycles. The van der Waals surface area contributed by atoms with Gasteiger partial charge in [-0.25, -0.2) is 0 Å². The summed E-state index contributed by atoms with van der Waals surface area (Å²) in [6, 6.07) is 2.52. The van der Waals surface area contributed by atoms with Gasteiger partial charge in [0.2, 0.25) is 5.91 Å². The highest BCUT2D eigenvalue weighted by molar-refractivity contribution is 7.10. The van der Waals surface area contributed by atoms with Gasteiger partial charge >= 0.3 is 0 Å². The topological polar surface area (TPSA) is 41.1 Å². The van der Waals surface area contributed by atoms with Crippen LogP contribution in [0, 0.1) is 0 Å². The van der Waals surface area contributed by atoms with Gasteiger partial charge in [-0.05, 0) is 24.3 Å². The van der Waals surface area contributed by atoms with Crippen molar-refractivity contribution in [3.05, 3.63) is 28.5 Å². The molecule has 0 fully saturated rings. The van der Waals surface area contributed by atoms with Crippen LogP contribution in [0.3, 0.4) is 0 Å². The molecule has 0 saturated heterocycles. The third-order valence-corrected chi connectivity index (χ3v) is 3.54. The predicted molar refractivity (Wildman–Crippen MR) is 67.6 cm³/mol. The molecule has 4 heteroatoms. The zero-order chi connectivity index (χ0) is 11.4. The van der Waals surface area contributed by atoms with Crippen molar-refractivity contribution in [3.63, 3.8) is 0 Å². The third-order valence-electron chi connectivity index (χ3n) is 2.62. The molecule has 1 heterocycles. The molecule has 0 saturated carbocycles. The van der Waals surface area contributed by atoms with Crippen molar-refractivity contribution in [1.29, 1.82) is 0 Å². The summed E-state index contributed by atoms with van der Waals surface area (Å²) in [7, 11) is 0. The molecule has 86 valence electrons. The first kappa shape index (κ1) is 11.4. The van der Waals surface area contributed by atoms with Gasteiger partial charge in [-0.3, -0.25) is 4.79 Å². The fourth-order valence-electron chi connectivity index (χ4n) is 1.80. The van der Waals surface area contributed by atoms with Gasteiger partial charge < -0.3 is 10.6 Å². The lowest BCUT2D eigenvalue weighted by molar-refractivity contribution is -0.114. The molecule has 1 aliphatic rings. The molecule has 2 rings (SSSR count). The van der Waals surface area contributed by atoms with E-state index in [1.54, 1.807) is 11.3 Å². The summed E-state index contributed by atoms with van der Waals surface area (Å²) in [5.74, 6) is -0.0119. The van der Waals surface area contributed by atoms with Gasteiger partial charge in [0.1, 0.15) is 0 Å². The number of anilines is 1. The lowest BCUT2D eigenvalue weighted by Crippen LogP contribution is -2.25. The van der Waals surface area contributed by atoms with Gasteiger partial charge in [-0.2, -0.15) is 0 Å². The van der Waals surface area contributed by atoms with E-state index < -0.39 is 0 Å². The van der Waals surface area contributed by atoms with Crippen molar-refractivity contribution >= 4 is 22.9 Å². The largest absolute Gasteiger partial charge is 0.325 e. The number of hydrogen-bond acceptors (Lipinski definition) is 3. The highest BCUT2D eigenvalue weighted by Gasteiger charge is 2.11. The van der Waals surface area contributed by atoms with E-state index in [0.29, 0.717) is 6.04 Å². The van der Waals surface area contributed by atoms with E-state index in [2.05, 4.69) is 22.8 Å². The second-order valence-electron chi connectivity index (χ2n) is 3.96. The van der Waals surface area contributed by atoms with Gasteiger partial charge in [0.25, 0.3) is 0 Å². The Morgan fingerprint density at radius 2 is 2.25 bits per heavy atom. The Labute approximate surface area is 99.6 Å². The monoisotopic (exact) mass is 236 g/mol. The van der Waals surface area contributed by atoms with Crippen LogP contribution in [0.4, 0.5) is 5.69 Å². The fourth-order valence-corrected chi connectivity index (χ4v) is 2.58. The average Bonchev–Trinajstić information content (AvgIpc) is 2.84. The van der Waals surface area contributed by atoms with Crippen molar-refractivity contribution in [1.82, 2.24) is 5.32 Å². The van der Waals surface area contributed by atoms with E-state index in [-0.39, 0.29) is 5.91 Å². The van der Waals surface area contributed by atoms with Gasteiger partial charge in [-0.15, -0.1) is 11.3 Å². The lowest BCUT2D eigenvalue weighted by atomic mass is 10.2. The molecule has 1 aromatic rings. The number of carbonyl (C=O) groups is 1. The molecule has 1 aliphatic carbocycles. The molecule has 0 atom stereocenters. The molecule has 16 heavy (non-hydrogen) atoms. The van der Waals surface area contributed by atoms with E-state index in [1.807, 2.05) is 11.4 Å². The maximum Gasteiger partial charge on any atom is 0.221 e. The first-order chi connectivity index (χ1) is 7.75. The normalized spacial score (nSPS) is 15.6. The molecular formula is C12H16N2OS. The quantitative estimate of drug-likeness (QED) is 0.789. The van der Waals surface area contributed by atoms with Crippen molar-refractivity contribution < 1.29 is 4.79 Å². The van der Waals surface area contributed by atoms with Crippen molar-refractivity contribution in [3.8, 4) is 0 Å². The van der Waals surface area contributed by atoms with Crippen LogP contribution in [-0.2, 0) is 11.3 Å². The number of carbonyl (C=O) groups excluding carboxylic acids is 1. The highest BCUT2D eigenvalue weighted by atomic mass is 32.1. The van der Waals surface area contributed by atoms with E-state index in [4.69, 9.17) is 0 Å². The molecular weight excluding hydrogens is 220 g/mol. The Bertz CT molecular complexity index is 389. The maximum atomic E-state index is 11.0. The summed E-state index contributed by atoms with van der Waals surface area (Å²) < 4.78 is 0. The second-order valence-corrected chi connectivity index (χ2v) is 4.96. The fraction of sp³-hybridized carbons (Fsp3) is 0.417. The SMILES string of the molecule is CC(=O)Nc1ccsc1CNC1CC=CC1. The summed E-state index contributed by atoms with van der Waals surface area (Å²) in [5, 5.41) is 8.35. The molecule has 2 N–H and O–H groups in total. The molecule has 0 radical (unpaired) electrons. The van der Waals surface area contributed by atoms with Crippen LogP contribution >= 0.6 is 11.3 Å². The first-order valence-electron chi connectivity index (χ1n) is 5.48. The summed E-state index contributed by atoms with van der Waals surface area (Å²) in [6.07, 6.45) is 6.64. The van der Waals surface area contributed by atoms with Crippen LogP contribution in [0.2, 0.25) is 0 Å². The number of nitrogens with one attached hydrogen (secondary N) is 2. The van der Waals surface area contributed by atoms with Crippen LogP contribution in [0.15, 0.2) is 23.6 Å². The van der Waals surface area contributed by atoms with Gasteiger partial charge in [0.05, 0.1) is 5.69 Å². The zero-order valence-electron chi connectivity index (χ0n) is 9.32. The molecule has 3 nitrogen and oxygen atoms in total. The second kappa shape index (κ2) is 5.27. The smallest absolute Gasteiger partial charge is 0.221 e. The Hall–Kier alpha value is -1.13. The minimum absolute atomic E-state index is 0.0119. The third kappa shape index (κ3) is 2.93. The number of amides is 1. The van der Waals surface area contributed by atoms with Crippen LogP contribution in [0.25, 0.3) is 0 Å². The lowest BCUT2D eigenvalue weighted by Gasteiger charge is -2.12. The van der Waals surface area contributed by atoms with E-state index in [1.165, 1.54) is 11.8 Å². The molecule has 0 spiro atoms.